The van der Waals surface area contributed by atoms with Gasteiger partial charge in [-0.2, -0.15) is 0 Å². The Balaban J connectivity index is 3.58. The van der Waals surface area contributed by atoms with E-state index in [1.54, 1.807) is 0 Å². The van der Waals surface area contributed by atoms with Crippen molar-refractivity contribution in [2.45, 2.75) is 6.42 Å². The summed E-state index contributed by atoms with van der Waals surface area (Å²) in [5, 5.41) is 9.97. The summed E-state index contributed by atoms with van der Waals surface area (Å²) in [6.45, 7) is 0.134. The molecule has 6 heteroatoms. The minimum Gasteiger partial charge on any atom is -0.384 e. The van der Waals surface area contributed by atoms with Crippen molar-refractivity contribution >= 4 is 10.0 Å². The SMILES string of the molecule is COCCS(=O)(=O)NCCC[O]. The van der Waals surface area contributed by atoms with Crippen molar-refractivity contribution in [2.24, 2.45) is 0 Å². The monoisotopic (exact) mass is 196 g/mol. The van der Waals surface area contributed by atoms with Crippen LogP contribution in [0.15, 0.2) is 0 Å². The smallest absolute Gasteiger partial charge is 0.213 e. The van der Waals surface area contributed by atoms with E-state index in [9.17, 15) is 13.5 Å². The minimum absolute atomic E-state index is 0.0532. The molecule has 0 rings (SSSR count). The van der Waals surface area contributed by atoms with E-state index >= 15 is 0 Å². The van der Waals surface area contributed by atoms with Crippen LogP contribution in [-0.2, 0) is 19.9 Å². The maximum atomic E-state index is 11.0. The van der Waals surface area contributed by atoms with Gasteiger partial charge in [0, 0.05) is 13.7 Å². The summed E-state index contributed by atoms with van der Waals surface area (Å²) in [4.78, 5) is 0. The van der Waals surface area contributed by atoms with E-state index in [1.165, 1.54) is 7.11 Å². The number of hydrogen-bond acceptors (Lipinski definition) is 3. The van der Waals surface area contributed by atoms with Gasteiger partial charge < -0.3 is 4.74 Å². The number of ether oxygens (including phenoxy) is 1. The molecule has 0 fully saturated rings. The third-order valence-corrected chi connectivity index (χ3v) is 2.55. The average Bonchev–Trinajstić information content (AvgIpc) is 2.01. The van der Waals surface area contributed by atoms with E-state index in [-0.39, 0.29) is 25.5 Å². The Morgan fingerprint density at radius 1 is 1.42 bits per heavy atom. The van der Waals surface area contributed by atoms with Gasteiger partial charge in [-0.15, -0.1) is 0 Å². The molecule has 0 aromatic rings. The van der Waals surface area contributed by atoms with Gasteiger partial charge in [-0.3, -0.25) is 0 Å². The van der Waals surface area contributed by atoms with Crippen molar-refractivity contribution in [1.82, 2.24) is 4.72 Å². The first-order valence-corrected chi connectivity index (χ1v) is 5.32. The number of sulfonamides is 1. The summed E-state index contributed by atoms with van der Waals surface area (Å²) in [6.07, 6.45) is 0.326. The van der Waals surface area contributed by atoms with Crippen LogP contribution in [0.3, 0.4) is 0 Å². The lowest BCUT2D eigenvalue weighted by atomic mass is 10.5. The quantitative estimate of drug-likeness (QED) is 0.551. The van der Waals surface area contributed by atoms with Crippen molar-refractivity contribution in [2.75, 3.05) is 32.6 Å². The summed E-state index contributed by atoms with van der Waals surface area (Å²) in [6, 6.07) is 0. The zero-order valence-electron chi connectivity index (χ0n) is 7.08. The second kappa shape index (κ2) is 6.36. The Kier molecular flexibility index (Phi) is 6.27. The van der Waals surface area contributed by atoms with Crippen LogP contribution in [0.1, 0.15) is 6.42 Å². The van der Waals surface area contributed by atoms with Crippen molar-refractivity contribution < 1.29 is 18.3 Å². The highest BCUT2D eigenvalue weighted by Gasteiger charge is 2.07. The van der Waals surface area contributed by atoms with Crippen molar-refractivity contribution in [1.29, 1.82) is 0 Å². The molecular formula is C6H14NO4S. The van der Waals surface area contributed by atoms with Crippen LogP contribution in [-0.4, -0.2) is 41.0 Å². The van der Waals surface area contributed by atoms with Gasteiger partial charge in [-0.25, -0.2) is 18.2 Å². The van der Waals surface area contributed by atoms with Gasteiger partial charge in [0.15, 0.2) is 0 Å². The molecule has 12 heavy (non-hydrogen) atoms. The lowest BCUT2D eigenvalue weighted by Crippen LogP contribution is -2.29. The molecule has 0 unspecified atom stereocenters. The predicted molar refractivity (Wildman–Crippen MR) is 43.8 cm³/mol. The van der Waals surface area contributed by atoms with E-state index in [1.807, 2.05) is 0 Å². The highest BCUT2D eigenvalue weighted by molar-refractivity contribution is 7.89. The van der Waals surface area contributed by atoms with Crippen LogP contribution in [0, 0.1) is 0 Å². The molecule has 1 radical (unpaired) electrons. The summed E-state index contributed by atoms with van der Waals surface area (Å²) in [7, 11) is -1.79. The molecule has 0 spiro atoms. The lowest BCUT2D eigenvalue weighted by molar-refractivity contribution is 0.190. The Morgan fingerprint density at radius 2 is 2.08 bits per heavy atom. The maximum absolute atomic E-state index is 11.0. The Hall–Kier alpha value is -0.170. The zero-order chi connectivity index (χ0) is 9.45. The first-order chi connectivity index (χ1) is 5.62. The summed E-state index contributed by atoms with van der Waals surface area (Å²) in [5.74, 6) is -0.0532. The van der Waals surface area contributed by atoms with E-state index in [0.717, 1.165) is 0 Å². The van der Waals surface area contributed by atoms with Gasteiger partial charge in [-0.05, 0) is 6.42 Å². The molecule has 0 amide bonds. The number of rotatable bonds is 7. The number of methoxy groups -OCH3 is 1. The number of hydrogen-bond donors (Lipinski definition) is 1. The maximum Gasteiger partial charge on any atom is 0.213 e. The molecule has 0 aliphatic carbocycles. The molecule has 0 saturated heterocycles. The van der Waals surface area contributed by atoms with Gasteiger partial charge in [0.25, 0.3) is 0 Å². The molecular weight excluding hydrogens is 182 g/mol. The van der Waals surface area contributed by atoms with Crippen LogP contribution in [0.2, 0.25) is 0 Å². The van der Waals surface area contributed by atoms with Crippen molar-refractivity contribution in [3.63, 3.8) is 0 Å². The van der Waals surface area contributed by atoms with Crippen LogP contribution in [0.4, 0.5) is 0 Å². The first kappa shape index (κ1) is 11.8. The van der Waals surface area contributed by atoms with Gasteiger partial charge in [0.1, 0.15) is 0 Å². The molecule has 0 aliphatic heterocycles. The van der Waals surface area contributed by atoms with Crippen molar-refractivity contribution in [3.8, 4) is 0 Å². The third kappa shape index (κ3) is 6.53. The first-order valence-electron chi connectivity index (χ1n) is 3.67. The largest absolute Gasteiger partial charge is 0.384 e. The fourth-order valence-electron chi connectivity index (χ4n) is 0.565. The van der Waals surface area contributed by atoms with E-state index < -0.39 is 10.0 Å². The van der Waals surface area contributed by atoms with Crippen LogP contribution >= 0.6 is 0 Å². The molecule has 73 valence electrons. The van der Waals surface area contributed by atoms with Crippen LogP contribution in [0.25, 0.3) is 0 Å². The molecule has 5 nitrogen and oxygen atoms in total. The Morgan fingerprint density at radius 3 is 2.58 bits per heavy atom. The predicted octanol–water partition coefficient (Wildman–Crippen LogP) is -0.627. The molecule has 0 atom stereocenters. The molecule has 0 heterocycles. The second-order valence-corrected chi connectivity index (χ2v) is 4.19. The highest BCUT2D eigenvalue weighted by atomic mass is 32.2. The topological polar surface area (TPSA) is 75.3 Å². The third-order valence-electron chi connectivity index (χ3n) is 1.20. The average molecular weight is 196 g/mol. The van der Waals surface area contributed by atoms with Crippen LogP contribution < -0.4 is 4.72 Å². The van der Waals surface area contributed by atoms with Gasteiger partial charge >= 0.3 is 0 Å². The van der Waals surface area contributed by atoms with Gasteiger partial charge in [-0.1, -0.05) is 0 Å². The summed E-state index contributed by atoms with van der Waals surface area (Å²) < 4.78 is 28.8. The molecule has 1 N–H and O–H groups in total. The van der Waals surface area contributed by atoms with E-state index in [0.29, 0.717) is 6.42 Å². The molecule has 0 aromatic heterocycles. The van der Waals surface area contributed by atoms with E-state index in [2.05, 4.69) is 9.46 Å². The fourth-order valence-corrected chi connectivity index (χ4v) is 1.55. The molecule has 0 aliphatic rings. The molecule has 0 saturated carbocycles. The molecule has 0 bridgehead atoms. The van der Waals surface area contributed by atoms with Gasteiger partial charge in [0.2, 0.25) is 10.0 Å². The van der Waals surface area contributed by atoms with E-state index in [4.69, 9.17) is 0 Å². The number of nitrogens with one attached hydrogen (secondary N) is 1. The standard InChI is InChI=1S/C6H14NO4S/c1-11-5-6-12(9,10)7-3-2-4-8/h7H,2-6H2,1H3. The molecule has 0 aromatic carbocycles. The lowest BCUT2D eigenvalue weighted by Gasteiger charge is -2.03. The van der Waals surface area contributed by atoms with Gasteiger partial charge in [0.05, 0.1) is 19.0 Å². The Labute approximate surface area is 72.8 Å². The normalized spacial score (nSPS) is 11.8. The minimum atomic E-state index is -3.23. The fraction of sp³-hybridized carbons (Fsp3) is 1.00. The zero-order valence-corrected chi connectivity index (χ0v) is 7.89. The highest BCUT2D eigenvalue weighted by Crippen LogP contribution is 1.85. The second-order valence-electron chi connectivity index (χ2n) is 2.26. The van der Waals surface area contributed by atoms with Crippen molar-refractivity contribution in [3.05, 3.63) is 0 Å². The van der Waals surface area contributed by atoms with Crippen LogP contribution in [0.5, 0.6) is 0 Å². The summed E-state index contributed by atoms with van der Waals surface area (Å²) >= 11 is 0. The Bertz CT molecular complexity index is 190. The summed E-state index contributed by atoms with van der Waals surface area (Å²) in [5.41, 5.74) is 0.